The summed E-state index contributed by atoms with van der Waals surface area (Å²) in [6.45, 7) is 4.56. The Labute approximate surface area is 152 Å². The Bertz CT molecular complexity index is 638. The molecule has 1 amide bonds. The number of hydrogen-bond acceptors (Lipinski definition) is 6. The first-order chi connectivity index (χ1) is 12.8. The van der Waals surface area contributed by atoms with Gasteiger partial charge in [-0.3, -0.25) is 0 Å². The van der Waals surface area contributed by atoms with Gasteiger partial charge >= 0.3 is 6.09 Å². The maximum atomic E-state index is 11.8. The van der Waals surface area contributed by atoms with Gasteiger partial charge in [0.1, 0.15) is 18.2 Å². The molecule has 0 bridgehead atoms. The van der Waals surface area contributed by atoms with Crippen molar-refractivity contribution in [2.24, 2.45) is 0 Å². The van der Waals surface area contributed by atoms with E-state index in [-0.39, 0.29) is 6.10 Å². The number of carbonyl (C=O) groups excluding carboxylic acids is 1. The van der Waals surface area contributed by atoms with Crippen LogP contribution in [-0.4, -0.2) is 50.0 Å². The third-order valence-corrected chi connectivity index (χ3v) is 4.77. The third kappa shape index (κ3) is 3.48. The number of alkyl carbamates (subject to hydrolysis) is 1. The summed E-state index contributed by atoms with van der Waals surface area (Å²) in [5, 5.41) is 2.78. The van der Waals surface area contributed by atoms with Crippen molar-refractivity contribution in [3.05, 3.63) is 48.6 Å². The molecule has 7 heteroatoms. The number of amides is 1. The summed E-state index contributed by atoms with van der Waals surface area (Å²) in [5.74, 6) is 0. The van der Waals surface area contributed by atoms with Crippen LogP contribution in [0.1, 0.15) is 24.7 Å². The summed E-state index contributed by atoms with van der Waals surface area (Å²) in [7, 11) is 0. The maximum Gasteiger partial charge on any atom is 0.408 e. The molecule has 3 aliphatic heterocycles. The minimum absolute atomic E-state index is 0.345. The molecule has 26 heavy (non-hydrogen) atoms. The second-order valence-electron chi connectivity index (χ2n) is 6.56. The molecule has 1 aromatic rings. The van der Waals surface area contributed by atoms with Crippen molar-refractivity contribution in [2.75, 3.05) is 13.2 Å². The predicted octanol–water partition coefficient (Wildman–Crippen LogP) is 2.29. The SMILES string of the molecule is C=CCCCO[C@@H]1O[C@@H]2CO[C@@H](c3ccccc3)O[C@H]2[C@H]2OC(=O)N[C@@H]12. The average molecular weight is 361 g/mol. The first-order valence-corrected chi connectivity index (χ1v) is 8.93. The fourth-order valence-electron chi connectivity index (χ4n) is 3.51. The van der Waals surface area contributed by atoms with Crippen LogP contribution in [-0.2, 0) is 23.7 Å². The summed E-state index contributed by atoms with van der Waals surface area (Å²) in [6.07, 6.45) is 0.740. The zero-order valence-electron chi connectivity index (χ0n) is 14.4. The van der Waals surface area contributed by atoms with Gasteiger partial charge in [0.15, 0.2) is 18.7 Å². The van der Waals surface area contributed by atoms with Crippen LogP contribution in [0.15, 0.2) is 43.0 Å². The topological polar surface area (TPSA) is 75.2 Å². The van der Waals surface area contributed by atoms with Gasteiger partial charge in [-0.1, -0.05) is 36.4 Å². The van der Waals surface area contributed by atoms with Crippen LogP contribution < -0.4 is 5.32 Å². The van der Waals surface area contributed by atoms with Crippen molar-refractivity contribution in [3.63, 3.8) is 0 Å². The van der Waals surface area contributed by atoms with Crippen LogP contribution in [0.4, 0.5) is 4.79 Å². The van der Waals surface area contributed by atoms with Crippen molar-refractivity contribution in [2.45, 2.75) is 49.8 Å². The molecule has 140 valence electrons. The van der Waals surface area contributed by atoms with Crippen molar-refractivity contribution >= 4 is 6.09 Å². The van der Waals surface area contributed by atoms with E-state index in [0.29, 0.717) is 13.2 Å². The van der Waals surface area contributed by atoms with E-state index in [1.165, 1.54) is 0 Å². The third-order valence-electron chi connectivity index (χ3n) is 4.77. The Morgan fingerprint density at radius 2 is 2.08 bits per heavy atom. The van der Waals surface area contributed by atoms with Crippen molar-refractivity contribution in [3.8, 4) is 0 Å². The Morgan fingerprint density at radius 1 is 1.23 bits per heavy atom. The largest absolute Gasteiger partial charge is 0.441 e. The fraction of sp³-hybridized carbons (Fsp3) is 0.526. The zero-order chi connectivity index (χ0) is 17.9. The number of nitrogens with one attached hydrogen (secondary N) is 1. The molecule has 0 aliphatic carbocycles. The second-order valence-corrected chi connectivity index (χ2v) is 6.56. The van der Waals surface area contributed by atoms with Crippen molar-refractivity contribution in [1.82, 2.24) is 5.32 Å². The van der Waals surface area contributed by atoms with Gasteiger partial charge in [-0.05, 0) is 12.8 Å². The van der Waals surface area contributed by atoms with Crippen LogP contribution in [0.3, 0.4) is 0 Å². The Morgan fingerprint density at radius 3 is 2.88 bits per heavy atom. The van der Waals surface area contributed by atoms with Gasteiger partial charge in [0.05, 0.1) is 13.2 Å². The molecular formula is C19H23NO6. The van der Waals surface area contributed by atoms with Crippen LogP contribution in [0, 0.1) is 0 Å². The van der Waals surface area contributed by atoms with Crippen molar-refractivity contribution in [1.29, 1.82) is 0 Å². The normalized spacial score (nSPS) is 35.8. The van der Waals surface area contributed by atoms with E-state index < -0.39 is 36.9 Å². The lowest BCUT2D eigenvalue weighted by molar-refractivity contribution is -0.337. The molecule has 6 atom stereocenters. The number of hydrogen-bond donors (Lipinski definition) is 1. The fourth-order valence-corrected chi connectivity index (χ4v) is 3.51. The summed E-state index contributed by atoms with van der Waals surface area (Å²) in [5.41, 5.74) is 0.919. The number of unbranched alkanes of at least 4 members (excludes halogenated alkanes) is 1. The van der Waals surface area contributed by atoms with Crippen LogP contribution in [0.5, 0.6) is 0 Å². The Balaban J connectivity index is 1.45. The lowest BCUT2D eigenvalue weighted by atomic mass is 9.96. The highest BCUT2D eigenvalue weighted by Crippen LogP contribution is 2.37. The maximum absolute atomic E-state index is 11.8. The standard InChI is InChI=1S/C19H23NO6/c1-2-3-7-10-22-18-14-16(26-19(21)20-14)15-13(24-18)11-23-17(25-15)12-8-5-4-6-9-12/h2,4-6,8-9,13-18H,1,3,7,10-11H2,(H,20,21)/t13-,14-,15-,16+,17-,18-/m1/s1. The minimum atomic E-state index is -0.585. The van der Waals surface area contributed by atoms with Crippen LogP contribution >= 0.6 is 0 Å². The summed E-state index contributed by atoms with van der Waals surface area (Å²) in [4.78, 5) is 11.8. The van der Waals surface area contributed by atoms with Crippen molar-refractivity contribution < 1.29 is 28.5 Å². The van der Waals surface area contributed by atoms with Gasteiger partial charge in [-0.25, -0.2) is 4.79 Å². The molecule has 1 aromatic carbocycles. The molecule has 3 fully saturated rings. The van der Waals surface area contributed by atoms with Gasteiger partial charge in [-0.15, -0.1) is 6.58 Å². The molecule has 0 spiro atoms. The predicted molar refractivity (Wildman–Crippen MR) is 91.2 cm³/mol. The first-order valence-electron chi connectivity index (χ1n) is 8.93. The highest BCUT2D eigenvalue weighted by atomic mass is 16.8. The highest BCUT2D eigenvalue weighted by Gasteiger charge is 2.55. The zero-order valence-corrected chi connectivity index (χ0v) is 14.4. The van der Waals surface area contributed by atoms with Crippen LogP contribution in [0.2, 0.25) is 0 Å². The number of rotatable bonds is 6. The van der Waals surface area contributed by atoms with E-state index in [1.807, 2.05) is 36.4 Å². The van der Waals surface area contributed by atoms with Gasteiger partial charge in [0.2, 0.25) is 0 Å². The summed E-state index contributed by atoms with van der Waals surface area (Å²) >= 11 is 0. The van der Waals surface area contributed by atoms with E-state index in [1.54, 1.807) is 0 Å². The van der Waals surface area contributed by atoms with Crippen LogP contribution in [0.25, 0.3) is 0 Å². The number of allylic oxidation sites excluding steroid dienone is 1. The first kappa shape index (κ1) is 17.5. The Kier molecular flexibility index (Phi) is 5.21. The molecular weight excluding hydrogens is 338 g/mol. The molecule has 0 unspecified atom stereocenters. The molecule has 7 nitrogen and oxygen atoms in total. The number of carbonyl (C=O) groups is 1. The quantitative estimate of drug-likeness (QED) is 0.619. The van der Waals surface area contributed by atoms with E-state index >= 15 is 0 Å². The second kappa shape index (κ2) is 7.75. The molecule has 0 saturated carbocycles. The van der Waals surface area contributed by atoms with E-state index in [9.17, 15) is 4.79 Å². The molecule has 3 heterocycles. The number of ether oxygens (including phenoxy) is 5. The van der Waals surface area contributed by atoms with Gasteiger partial charge in [-0.2, -0.15) is 0 Å². The monoisotopic (exact) mass is 361 g/mol. The summed E-state index contributed by atoms with van der Waals surface area (Å²) < 4.78 is 29.2. The smallest absolute Gasteiger partial charge is 0.408 e. The molecule has 0 radical (unpaired) electrons. The average Bonchev–Trinajstić information content (AvgIpc) is 3.07. The number of fused-ring (bicyclic) bond motifs is 3. The molecule has 0 aromatic heterocycles. The van der Waals surface area contributed by atoms with E-state index in [4.69, 9.17) is 23.7 Å². The molecule has 3 saturated heterocycles. The highest BCUT2D eigenvalue weighted by molar-refractivity contribution is 5.70. The number of benzene rings is 1. The van der Waals surface area contributed by atoms with E-state index in [2.05, 4.69) is 11.9 Å². The molecule has 1 N–H and O–H groups in total. The molecule has 4 rings (SSSR count). The van der Waals surface area contributed by atoms with Gasteiger partial charge in [0, 0.05) is 5.56 Å². The summed E-state index contributed by atoms with van der Waals surface area (Å²) in [6, 6.07) is 9.28. The lowest BCUT2D eigenvalue weighted by Crippen LogP contribution is -2.63. The minimum Gasteiger partial charge on any atom is -0.441 e. The van der Waals surface area contributed by atoms with Gasteiger partial charge < -0.3 is 29.0 Å². The lowest BCUT2D eigenvalue weighted by Gasteiger charge is -2.45. The molecule has 3 aliphatic rings. The van der Waals surface area contributed by atoms with E-state index in [0.717, 1.165) is 18.4 Å². The van der Waals surface area contributed by atoms with Gasteiger partial charge in [0.25, 0.3) is 0 Å². The Hall–Kier alpha value is -1.93.